The van der Waals surface area contributed by atoms with E-state index in [1.54, 1.807) is 6.08 Å². The van der Waals surface area contributed by atoms with E-state index in [9.17, 15) is 24.0 Å². The molecule has 0 fully saturated rings. The normalized spacial score (nSPS) is 11.4. The van der Waals surface area contributed by atoms with E-state index in [1.807, 2.05) is 0 Å². The summed E-state index contributed by atoms with van der Waals surface area (Å²) in [5, 5.41) is 42.5. The number of carboxylic acid groups (broad SMARTS) is 2. The Kier molecular flexibility index (Phi) is 20.9. The van der Waals surface area contributed by atoms with Crippen LogP contribution in [0.2, 0.25) is 0 Å². The lowest BCUT2D eigenvalue weighted by atomic mass is 10.0. The number of nitrogens with zero attached hydrogens (tertiary/aromatic N) is 1. The molecule has 5 N–H and O–H groups in total. The quantitative estimate of drug-likeness (QED) is 0.159. The van der Waals surface area contributed by atoms with Crippen LogP contribution in [0, 0.1) is 5.92 Å². The number of carbonyl (C=O) groups is 5. The van der Waals surface area contributed by atoms with Gasteiger partial charge in [-0.25, -0.2) is 4.90 Å². The van der Waals surface area contributed by atoms with Crippen LogP contribution in [0.25, 0.3) is 0 Å². The standard InChI is InChI=1S/C16H28O4.C6H9NO6/c1-2-3-4-5-6-7-8-9-10-11-12-14(16(19)20)13-15(17)18;8-1-4(11)7(5(12)2-9)6(13)3-10/h11-12,14H,2-10,13H2,1H3,(H,17,18)(H,19,20);8-10H,1-3H2. The largest absolute Gasteiger partial charge is 0.481 e. The Labute approximate surface area is 193 Å². The number of unbranched alkanes of at least 4 members (excludes halogenated alkanes) is 8. The Morgan fingerprint density at radius 2 is 1.15 bits per heavy atom. The lowest BCUT2D eigenvalue weighted by Gasteiger charge is -2.14. The third-order valence-corrected chi connectivity index (χ3v) is 4.46. The van der Waals surface area contributed by atoms with Gasteiger partial charge in [0.25, 0.3) is 17.7 Å². The smallest absolute Gasteiger partial charge is 0.310 e. The summed E-state index contributed by atoms with van der Waals surface area (Å²) >= 11 is 0. The van der Waals surface area contributed by atoms with E-state index in [0.717, 1.165) is 19.3 Å². The van der Waals surface area contributed by atoms with Crippen molar-refractivity contribution in [3.63, 3.8) is 0 Å². The monoisotopic (exact) mass is 475 g/mol. The average Bonchev–Trinajstić information content (AvgIpc) is 2.79. The zero-order valence-corrected chi connectivity index (χ0v) is 19.1. The Morgan fingerprint density at radius 1 is 0.727 bits per heavy atom. The minimum absolute atomic E-state index is 0. The van der Waals surface area contributed by atoms with Crippen LogP contribution in [0.3, 0.4) is 0 Å². The van der Waals surface area contributed by atoms with E-state index in [0.29, 0.717) is 0 Å². The molecule has 0 aliphatic heterocycles. The van der Waals surface area contributed by atoms with E-state index in [1.165, 1.54) is 44.6 Å². The number of rotatable bonds is 16. The SMILES string of the molecule is CCCCCCCCCCC=CC(CC(=O)O)C(=O)O.O=C(CO)N(C(=O)CO)C(=O)CO. The van der Waals surface area contributed by atoms with Crippen LogP contribution < -0.4 is 0 Å². The highest BCUT2D eigenvalue weighted by Gasteiger charge is 2.26. The number of aliphatic carboxylic acids is 2. The number of carboxylic acids is 2. The van der Waals surface area contributed by atoms with Crippen molar-refractivity contribution < 1.29 is 49.5 Å². The van der Waals surface area contributed by atoms with Gasteiger partial charge in [-0.05, 0) is 12.8 Å². The van der Waals surface area contributed by atoms with Crippen molar-refractivity contribution >= 4 is 29.7 Å². The van der Waals surface area contributed by atoms with Crippen molar-refractivity contribution in [1.29, 1.82) is 0 Å². The maximum absolute atomic E-state index is 10.8. The molecule has 0 aliphatic rings. The van der Waals surface area contributed by atoms with Gasteiger partial charge in [-0.2, -0.15) is 0 Å². The molecule has 0 rings (SSSR count). The molecule has 11 heteroatoms. The fourth-order valence-electron chi connectivity index (χ4n) is 2.71. The third-order valence-electron chi connectivity index (χ3n) is 4.46. The van der Waals surface area contributed by atoms with Gasteiger partial charge < -0.3 is 25.5 Å². The van der Waals surface area contributed by atoms with Crippen LogP contribution >= 0.6 is 0 Å². The summed E-state index contributed by atoms with van der Waals surface area (Å²) in [5.74, 6) is -6.59. The van der Waals surface area contributed by atoms with Crippen molar-refractivity contribution in [2.75, 3.05) is 19.8 Å². The first kappa shape index (κ1) is 32.5. The van der Waals surface area contributed by atoms with Crippen LogP contribution in [0.15, 0.2) is 12.2 Å². The highest BCUT2D eigenvalue weighted by molar-refractivity contribution is 6.11. The molecule has 0 heterocycles. The second-order valence-electron chi connectivity index (χ2n) is 7.23. The van der Waals surface area contributed by atoms with Crippen LogP contribution in [0.4, 0.5) is 0 Å². The number of carbonyl (C=O) groups excluding carboxylic acids is 3. The first-order valence-corrected chi connectivity index (χ1v) is 11.0. The molecule has 11 nitrogen and oxygen atoms in total. The molecule has 1 atom stereocenters. The molecule has 0 aromatic heterocycles. The van der Waals surface area contributed by atoms with Gasteiger partial charge >= 0.3 is 11.9 Å². The van der Waals surface area contributed by atoms with Crippen molar-refractivity contribution in [3.8, 4) is 0 Å². The second kappa shape index (κ2) is 21.2. The fourth-order valence-corrected chi connectivity index (χ4v) is 2.71. The average molecular weight is 476 g/mol. The predicted octanol–water partition coefficient (Wildman–Crippen LogP) is 1.09. The van der Waals surface area contributed by atoms with Crippen LogP contribution in [0.5, 0.6) is 0 Å². The van der Waals surface area contributed by atoms with Crippen LogP contribution in [-0.2, 0) is 24.0 Å². The van der Waals surface area contributed by atoms with Crippen LogP contribution in [0.1, 0.15) is 71.1 Å². The number of aliphatic hydroxyl groups excluding tert-OH is 3. The molecule has 0 bridgehead atoms. The number of hydrogen-bond donors (Lipinski definition) is 5. The number of aliphatic hydroxyl groups is 3. The molecule has 1 unspecified atom stereocenters. The zero-order valence-electron chi connectivity index (χ0n) is 19.1. The maximum Gasteiger partial charge on any atom is 0.310 e. The topological polar surface area (TPSA) is 190 Å². The van der Waals surface area contributed by atoms with Gasteiger partial charge in [0.05, 0.1) is 12.3 Å². The highest BCUT2D eigenvalue weighted by atomic mass is 16.4. The summed E-state index contributed by atoms with van der Waals surface area (Å²) in [6.45, 7) is -0.923. The molecule has 0 saturated carbocycles. The Bertz CT molecular complexity index is 595. The molecule has 3 amide bonds. The first-order valence-electron chi connectivity index (χ1n) is 11.0. The Hall–Kier alpha value is -2.63. The van der Waals surface area contributed by atoms with E-state index in [-0.39, 0.29) is 11.3 Å². The number of allylic oxidation sites excluding steroid dienone is 1. The summed E-state index contributed by atoms with van der Waals surface area (Å²) in [5.41, 5.74) is 0. The molecule has 0 saturated heterocycles. The van der Waals surface area contributed by atoms with Crippen molar-refractivity contribution in [2.45, 2.75) is 71.1 Å². The van der Waals surface area contributed by atoms with Crippen molar-refractivity contribution in [1.82, 2.24) is 4.90 Å². The molecule has 190 valence electrons. The molecule has 0 radical (unpaired) electrons. The van der Waals surface area contributed by atoms with Crippen molar-refractivity contribution in [2.24, 2.45) is 5.92 Å². The predicted molar refractivity (Wildman–Crippen MR) is 118 cm³/mol. The summed E-state index contributed by atoms with van der Waals surface area (Å²) in [6.07, 6.45) is 13.7. The molecule has 0 aliphatic carbocycles. The zero-order chi connectivity index (χ0) is 25.6. The molecule has 33 heavy (non-hydrogen) atoms. The van der Waals surface area contributed by atoms with Crippen LogP contribution in [-0.4, -0.2) is 79.9 Å². The summed E-state index contributed by atoms with van der Waals surface area (Å²) in [6, 6.07) is 0. The summed E-state index contributed by atoms with van der Waals surface area (Å²) in [4.78, 5) is 53.5. The van der Waals surface area contributed by atoms with Gasteiger partial charge in [-0.3, -0.25) is 24.0 Å². The molecular weight excluding hydrogens is 438 g/mol. The highest BCUT2D eigenvalue weighted by Crippen LogP contribution is 2.11. The summed E-state index contributed by atoms with van der Waals surface area (Å²) < 4.78 is 0. The van der Waals surface area contributed by atoms with Gasteiger partial charge in [0.2, 0.25) is 0 Å². The Balaban J connectivity index is 0. The fraction of sp³-hybridized carbons (Fsp3) is 0.682. The summed E-state index contributed by atoms with van der Waals surface area (Å²) in [7, 11) is 0. The number of imide groups is 3. The Morgan fingerprint density at radius 3 is 1.52 bits per heavy atom. The lowest BCUT2D eigenvalue weighted by molar-refractivity contribution is -0.158. The van der Waals surface area contributed by atoms with E-state index >= 15 is 0 Å². The lowest BCUT2D eigenvalue weighted by Crippen LogP contribution is -2.46. The third kappa shape index (κ3) is 17.6. The van der Waals surface area contributed by atoms with Gasteiger partial charge in [-0.1, -0.05) is 64.0 Å². The second-order valence-corrected chi connectivity index (χ2v) is 7.23. The van der Waals surface area contributed by atoms with E-state index in [4.69, 9.17) is 25.5 Å². The van der Waals surface area contributed by atoms with Crippen molar-refractivity contribution in [3.05, 3.63) is 12.2 Å². The number of amides is 3. The molecular formula is C22H37NO10. The first-order chi connectivity index (χ1) is 15.7. The molecule has 0 aromatic carbocycles. The van der Waals surface area contributed by atoms with E-state index < -0.39 is 55.4 Å². The van der Waals surface area contributed by atoms with Gasteiger partial charge in [0.1, 0.15) is 19.8 Å². The number of hydrogen-bond acceptors (Lipinski definition) is 8. The molecule has 0 aromatic rings. The van der Waals surface area contributed by atoms with E-state index in [2.05, 4.69) is 6.92 Å². The van der Waals surface area contributed by atoms with Gasteiger partial charge in [0.15, 0.2) is 0 Å². The minimum atomic E-state index is -1.18. The maximum atomic E-state index is 10.8. The minimum Gasteiger partial charge on any atom is -0.481 e. The molecule has 0 spiro atoms. The van der Waals surface area contributed by atoms with Gasteiger partial charge in [0, 0.05) is 0 Å². The van der Waals surface area contributed by atoms with Gasteiger partial charge in [-0.15, -0.1) is 0 Å².